The van der Waals surface area contributed by atoms with Gasteiger partial charge in [-0.25, -0.2) is 4.98 Å². The van der Waals surface area contributed by atoms with Gasteiger partial charge in [-0.1, -0.05) is 13.0 Å². The van der Waals surface area contributed by atoms with Crippen molar-refractivity contribution in [3.63, 3.8) is 0 Å². The van der Waals surface area contributed by atoms with E-state index < -0.39 is 0 Å². The number of hydrogen-bond acceptors (Lipinski definition) is 3. The number of rotatable bonds is 2. The van der Waals surface area contributed by atoms with Crippen LogP contribution in [0, 0.1) is 5.92 Å². The van der Waals surface area contributed by atoms with E-state index in [1.54, 1.807) is 0 Å². The van der Waals surface area contributed by atoms with E-state index in [1.165, 1.54) is 12.8 Å². The van der Waals surface area contributed by atoms with E-state index >= 15 is 0 Å². The molecule has 3 nitrogen and oxygen atoms in total. The molecule has 1 aliphatic rings. The zero-order valence-corrected chi connectivity index (χ0v) is 10.2. The highest BCUT2D eigenvalue weighted by molar-refractivity contribution is 5.41. The van der Waals surface area contributed by atoms with Crippen molar-refractivity contribution < 1.29 is 0 Å². The molecule has 2 heterocycles. The van der Waals surface area contributed by atoms with Crippen LogP contribution in [0.5, 0.6) is 0 Å². The Kier molecular flexibility index (Phi) is 3.44. The summed E-state index contributed by atoms with van der Waals surface area (Å²) in [6.45, 7) is 6.31. The molecule has 2 unspecified atom stereocenters. The van der Waals surface area contributed by atoms with Crippen LogP contribution in [-0.2, 0) is 6.54 Å². The Labute approximate surface area is 97.7 Å². The Balaban J connectivity index is 2.15. The van der Waals surface area contributed by atoms with Gasteiger partial charge in [-0.05, 0) is 37.3 Å². The van der Waals surface area contributed by atoms with Gasteiger partial charge in [-0.2, -0.15) is 0 Å². The highest BCUT2D eigenvalue weighted by atomic mass is 15.2. The summed E-state index contributed by atoms with van der Waals surface area (Å²) in [6, 6.07) is 4.76. The molecule has 1 fully saturated rings. The van der Waals surface area contributed by atoms with E-state index in [2.05, 4.69) is 35.9 Å². The molecule has 0 amide bonds. The van der Waals surface area contributed by atoms with Crippen LogP contribution < -0.4 is 10.6 Å². The van der Waals surface area contributed by atoms with Crippen molar-refractivity contribution in [1.82, 2.24) is 4.98 Å². The van der Waals surface area contributed by atoms with Crippen LogP contribution in [0.15, 0.2) is 18.3 Å². The summed E-state index contributed by atoms with van der Waals surface area (Å²) in [5, 5.41) is 0. The van der Waals surface area contributed by atoms with Gasteiger partial charge >= 0.3 is 0 Å². The Bertz CT molecular complexity index is 334. The third kappa shape index (κ3) is 2.19. The lowest BCUT2D eigenvalue weighted by molar-refractivity contribution is 0.361. The monoisotopic (exact) mass is 219 g/mol. The number of nitrogens with two attached hydrogens (primary N) is 1. The number of pyridine rings is 1. The Morgan fingerprint density at radius 2 is 2.25 bits per heavy atom. The summed E-state index contributed by atoms with van der Waals surface area (Å²) >= 11 is 0. The first-order chi connectivity index (χ1) is 7.72. The van der Waals surface area contributed by atoms with Crippen LogP contribution >= 0.6 is 0 Å². The summed E-state index contributed by atoms with van der Waals surface area (Å²) < 4.78 is 0. The van der Waals surface area contributed by atoms with Gasteiger partial charge in [0.15, 0.2) is 0 Å². The van der Waals surface area contributed by atoms with Crippen molar-refractivity contribution in [2.24, 2.45) is 11.7 Å². The average molecular weight is 219 g/mol. The first kappa shape index (κ1) is 11.4. The smallest absolute Gasteiger partial charge is 0.128 e. The van der Waals surface area contributed by atoms with Crippen LogP contribution in [0.4, 0.5) is 5.82 Å². The number of piperidine rings is 1. The summed E-state index contributed by atoms with van der Waals surface area (Å²) in [5.74, 6) is 1.85. The fraction of sp³-hybridized carbons (Fsp3) is 0.615. The predicted octanol–water partition coefficient (Wildman–Crippen LogP) is 2.17. The van der Waals surface area contributed by atoms with Crippen LogP contribution in [0.3, 0.4) is 0 Å². The molecule has 0 bridgehead atoms. The molecule has 1 aromatic heterocycles. The second kappa shape index (κ2) is 4.83. The average Bonchev–Trinajstić information content (AvgIpc) is 2.33. The molecular weight excluding hydrogens is 198 g/mol. The van der Waals surface area contributed by atoms with Gasteiger partial charge in [-0.3, -0.25) is 0 Å². The molecule has 0 spiro atoms. The number of aromatic nitrogens is 1. The van der Waals surface area contributed by atoms with Gasteiger partial charge in [0, 0.05) is 25.3 Å². The lowest BCUT2D eigenvalue weighted by Gasteiger charge is -2.38. The van der Waals surface area contributed by atoms with Crippen molar-refractivity contribution in [1.29, 1.82) is 0 Å². The maximum atomic E-state index is 5.57. The van der Waals surface area contributed by atoms with Crippen LogP contribution in [0.1, 0.15) is 32.3 Å². The van der Waals surface area contributed by atoms with Gasteiger partial charge < -0.3 is 10.6 Å². The van der Waals surface area contributed by atoms with E-state index in [0.717, 1.165) is 23.8 Å². The third-order valence-corrected chi connectivity index (χ3v) is 3.71. The van der Waals surface area contributed by atoms with Crippen molar-refractivity contribution in [3.05, 3.63) is 23.9 Å². The lowest BCUT2D eigenvalue weighted by atomic mass is 9.92. The van der Waals surface area contributed by atoms with Crippen LogP contribution in [0.25, 0.3) is 0 Å². The molecule has 88 valence electrons. The van der Waals surface area contributed by atoms with Gasteiger partial charge in [0.2, 0.25) is 0 Å². The van der Waals surface area contributed by atoms with Gasteiger partial charge in [0.25, 0.3) is 0 Å². The Hall–Kier alpha value is -1.09. The molecule has 0 aliphatic carbocycles. The molecule has 2 rings (SSSR count). The van der Waals surface area contributed by atoms with E-state index in [-0.39, 0.29) is 0 Å². The molecule has 0 radical (unpaired) electrons. The van der Waals surface area contributed by atoms with Gasteiger partial charge in [0.05, 0.1) is 0 Å². The molecule has 2 atom stereocenters. The molecular formula is C13H21N3. The van der Waals surface area contributed by atoms with Gasteiger partial charge in [-0.15, -0.1) is 0 Å². The molecule has 2 N–H and O–H groups in total. The second-order valence-electron chi connectivity index (χ2n) is 4.78. The highest BCUT2D eigenvalue weighted by Gasteiger charge is 2.25. The minimum atomic E-state index is 0.569. The quantitative estimate of drug-likeness (QED) is 0.829. The molecule has 0 saturated carbocycles. The van der Waals surface area contributed by atoms with Gasteiger partial charge in [0.1, 0.15) is 5.82 Å². The minimum Gasteiger partial charge on any atom is -0.354 e. The van der Waals surface area contributed by atoms with Crippen LogP contribution in [0.2, 0.25) is 0 Å². The van der Waals surface area contributed by atoms with Crippen molar-refractivity contribution in [2.45, 2.75) is 39.3 Å². The normalized spacial score (nSPS) is 25.8. The SMILES string of the molecule is CC1CCCN(c2ccc(CN)cn2)C1C. The topological polar surface area (TPSA) is 42.1 Å². The second-order valence-corrected chi connectivity index (χ2v) is 4.78. The summed E-state index contributed by atoms with van der Waals surface area (Å²) in [5.41, 5.74) is 6.67. The molecule has 1 saturated heterocycles. The standard InChI is InChI=1S/C13H21N3/c1-10-4-3-7-16(11(10)2)13-6-5-12(8-14)9-15-13/h5-6,9-11H,3-4,7-8,14H2,1-2H3. The first-order valence-electron chi connectivity index (χ1n) is 6.14. The van der Waals surface area contributed by atoms with E-state index in [1.807, 2.05) is 6.20 Å². The minimum absolute atomic E-state index is 0.569. The maximum Gasteiger partial charge on any atom is 0.128 e. The zero-order chi connectivity index (χ0) is 11.5. The van der Waals surface area contributed by atoms with Crippen molar-refractivity contribution >= 4 is 5.82 Å². The largest absolute Gasteiger partial charge is 0.354 e. The molecule has 3 heteroatoms. The van der Waals surface area contributed by atoms with Crippen molar-refractivity contribution in [2.75, 3.05) is 11.4 Å². The van der Waals surface area contributed by atoms with Crippen molar-refractivity contribution in [3.8, 4) is 0 Å². The predicted molar refractivity (Wildman–Crippen MR) is 67.3 cm³/mol. The Morgan fingerprint density at radius 3 is 2.88 bits per heavy atom. The molecule has 1 aromatic rings. The fourth-order valence-corrected chi connectivity index (χ4v) is 2.37. The fourth-order valence-electron chi connectivity index (χ4n) is 2.37. The first-order valence-corrected chi connectivity index (χ1v) is 6.14. The van der Waals surface area contributed by atoms with E-state index in [4.69, 9.17) is 5.73 Å². The number of nitrogens with zero attached hydrogens (tertiary/aromatic N) is 2. The number of anilines is 1. The van der Waals surface area contributed by atoms with Crippen LogP contribution in [-0.4, -0.2) is 17.6 Å². The highest BCUT2D eigenvalue weighted by Crippen LogP contribution is 2.26. The summed E-state index contributed by atoms with van der Waals surface area (Å²) in [4.78, 5) is 6.92. The maximum absolute atomic E-state index is 5.57. The van der Waals surface area contributed by atoms with E-state index in [9.17, 15) is 0 Å². The molecule has 0 aromatic carbocycles. The third-order valence-electron chi connectivity index (χ3n) is 3.71. The number of hydrogen-bond donors (Lipinski definition) is 1. The molecule has 16 heavy (non-hydrogen) atoms. The summed E-state index contributed by atoms with van der Waals surface area (Å²) in [7, 11) is 0. The zero-order valence-electron chi connectivity index (χ0n) is 10.2. The Morgan fingerprint density at radius 1 is 1.44 bits per heavy atom. The lowest BCUT2D eigenvalue weighted by Crippen LogP contribution is -2.42. The molecule has 1 aliphatic heterocycles. The van der Waals surface area contributed by atoms with E-state index in [0.29, 0.717) is 12.6 Å². The summed E-state index contributed by atoms with van der Waals surface area (Å²) in [6.07, 6.45) is 4.49.